The van der Waals surface area contributed by atoms with Gasteiger partial charge in [-0.15, -0.1) is 10.3 Å². The van der Waals surface area contributed by atoms with Crippen molar-refractivity contribution in [1.82, 2.24) is 20.8 Å². The molecule has 0 saturated carbocycles. The molecule has 0 aromatic heterocycles. The zero-order valence-electron chi connectivity index (χ0n) is 19.3. The number of piperidine rings is 2. The second-order valence-corrected chi connectivity index (χ2v) is 11.4. The fraction of sp³-hybridized carbons (Fsp3) is 0.905. The van der Waals surface area contributed by atoms with Crippen molar-refractivity contribution in [3.63, 3.8) is 0 Å². The lowest BCUT2D eigenvalue weighted by atomic mass is 9.79. The quantitative estimate of drug-likeness (QED) is 0.616. The normalized spacial score (nSPS) is 27.4. The Labute approximate surface area is 174 Å². The molecule has 0 atom stereocenters. The molecule has 2 saturated heterocycles. The first kappa shape index (κ1) is 24.1. The van der Waals surface area contributed by atoms with Crippen molar-refractivity contribution in [3.05, 3.63) is 0 Å². The molecule has 167 valence electrons. The monoisotopic (exact) mass is 411 g/mol. The zero-order valence-corrected chi connectivity index (χ0v) is 19.3. The van der Waals surface area contributed by atoms with Gasteiger partial charge in [-0.2, -0.15) is 5.06 Å². The topological polar surface area (TPSA) is 105 Å². The molecular weight excluding hydrogens is 372 g/mol. The molecule has 8 nitrogen and oxygen atoms in total. The van der Waals surface area contributed by atoms with Crippen LogP contribution in [0.5, 0.6) is 0 Å². The highest BCUT2D eigenvalue weighted by Crippen LogP contribution is 2.38. The average molecular weight is 412 g/mol. The van der Waals surface area contributed by atoms with Gasteiger partial charge in [0.2, 0.25) is 11.8 Å². The Kier molecular flexibility index (Phi) is 6.47. The van der Waals surface area contributed by atoms with Crippen LogP contribution in [0.2, 0.25) is 0 Å². The van der Waals surface area contributed by atoms with Crippen molar-refractivity contribution in [2.45, 2.75) is 122 Å². The first-order valence-electron chi connectivity index (χ1n) is 10.5. The van der Waals surface area contributed by atoms with Crippen molar-refractivity contribution in [2.75, 3.05) is 0 Å². The maximum atomic E-state index is 12.5. The predicted molar refractivity (Wildman–Crippen MR) is 109 cm³/mol. The summed E-state index contributed by atoms with van der Waals surface area (Å²) >= 11 is 0. The van der Waals surface area contributed by atoms with Crippen LogP contribution in [0.3, 0.4) is 0 Å². The minimum Gasteiger partial charge on any atom is -0.353 e. The third-order valence-corrected chi connectivity index (χ3v) is 6.28. The van der Waals surface area contributed by atoms with Crippen LogP contribution < -0.4 is 10.6 Å². The minimum absolute atomic E-state index is 0.106. The standard InChI is InChI=1S/C21H39N4O4/c1-18(2)10-14(11-19(3,4)24(18)28)22-16(26)9-17(27)23-15-12-20(5,6)25(29)21(7,8)13-15/h14-15,28H,9-13H2,1-8H3,(H,22,26)(H,23,27). The molecular formula is C21H39N4O4. The summed E-state index contributed by atoms with van der Waals surface area (Å²) < 4.78 is 0. The molecule has 0 aliphatic carbocycles. The van der Waals surface area contributed by atoms with Crippen LogP contribution in [0.15, 0.2) is 0 Å². The zero-order chi connectivity index (χ0) is 22.4. The van der Waals surface area contributed by atoms with Crippen LogP contribution in [0, 0.1) is 0 Å². The summed E-state index contributed by atoms with van der Waals surface area (Å²) in [4.78, 5) is 24.9. The SMILES string of the molecule is CC1(C)CC(NC(=O)CC(=O)NC2CC(C)(C)N(O)C(C)(C)C2)CC(C)(C)N1[O]. The van der Waals surface area contributed by atoms with Gasteiger partial charge in [-0.05, 0) is 81.1 Å². The van der Waals surface area contributed by atoms with Crippen molar-refractivity contribution in [1.29, 1.82) is 0 Å². The average Bonchev–Trinajstić information content (AvgIpc) is 2.48. The summed E-state index contributed by atoms with van der Waals surface area (Å²) in [5.41, 5.74) is -2.08. The van der Waals surface area contributed by atoms with Gasteiger partial charge in [0.25, 0.3) is 0 Å². The van der Waals surface area contributed by atoms with Gasteiger partial charge in [-0.3, -0.25) is 9.59 Å². The molecule has 2 amide bonds. The summed E-state index contributed by atoms with van der Waals surface area (Å²) in [6.07, 6.45) is 2.06. The lowest BCUT2D eigenvalue weighted by Gasteiger charge is -2.51. The van der Waals surface area contributed by atoms with E-state index in [1.807, 2.05) is 55.4 Å². The molecule has 8 heteroatoms. The number of hydroxylamine groups is 4. The van der Waals surface area contributed by atoms with Gasteiger partial charge < -0.3 is 15.8 Å². The van der Waals surface area contributed by atoms with Gasteiger partial charge in [-0.1, -0.05) is 0 Å². The first-order chi connectivity index (χ1) is 13.0. The molecule has 0 spiro atoms. The predicted octanol–water partition coefficient (Wildman–Crippen LogP) is 2.39. The van der Waals surface area contributed by atoms with Crippen LogP contribution >= 0.6 is 0 Å². The molecule has 2 heterocycles. The van der Waals surface area contributed by atoms with E-state index in [4.69, 9.17) is 0 Å². The molecule has 0 bridgehead atoms. The summed E-state index contributed by atoms with van der Waals surface area (Å²) in [5.74, 6) is -0.637. The second kappa shape index (κ2) is 7.80. The molecule has 29 heavy (non-hydrogen) atoms. The third-order valence-electron chi connectivity index (χ3n) is 6.28. The fourth-order valence-electron chi connectivity index (χ4n) is 5.44. The van der Waals surface area contributed by atoms with E-state index < -0.39 is 22.2 Å². The van der Waals surface area contributed by atoms with Crippen LogP contribution in [-0.4, -0.2) is 61.4 Å². The van der Waals surface area contributed by atoms with E-state index in [-0.39, 0.29) is 30.3 Å². The van der Waals surface area contributed by atoms with Gasteiger partial charge >= 0.3 is 0 Å². The molecule has 0 unspecified atom stereocenters. The third kappa shape index (κ3) is 5.48. The summed E-state index contributed by atoms with van der Waals surface area (Å²) in [7, 11) is 0. The summed E-state index contributed by atoms with van der Waals surface area (Å²) in [6, 6.07) is -0.244. The van der Waals surface area contributed by atoms with Crippen molar-refractivity contribution in [3.8, 4) is 0 Å². The van der Waals surface area contributed by atoms with Crippen LogP contribution in [0.25, 0.3) is 0 Å². The van der Waals surface area contributed by atoms with E-state index in [2.05, 4.69) is 10.6 Å². The maximum Gasteiger partial charge on any atom is 0.229 e. The molecule has 2 fully saturated rings. The number of rotatable bonds is 4. The van der Waals surface area contributed by atoms with Crippen LogP contribution in [0.1, 0.15) is 87.5 Å². The van der Waals surface area contributed by atoms with Crippen molar-refractivity contribution in [2.24, 2.45) is 0 Å². The first-order valence-corrected chi connectivity index (χ1v) is 10.5. The lowest BCUT2D eigenvalue weighted by Crippen LogP contribution is -2.63. The smallest absolute Gasteiger partial charge is 0.229 e. The number of hydrogen-bond donors (Lipinski definition) is 3. The maximum absolute atomic E-state index is 12.5. The van der Waals surface area contributed by atoms with Crippen molar-refractivity contribution >= 4 is 11.8 Å². The highest BCUT2D eigenvalue weighted by atomic mass is 16.5. The number of carbonyl (C=O) groups is 2. The van der Waals surface area contributed by atoms with Gasteiger partial charge in [0.05, 0.1) is 0 Å². The Morgan fingerprint density at radius 3 is 1.41 bits per heavy atom. The summed E-state index contributed by atoms with van der Waals surface area (Å²) in [6.45, 7) is 15.3. The Balaban J connectivity index is 1.91. The van der Waals surface area contributed by atoms with Crippen LogP contribution in [0.4, 0.5) is 0 Å². The fourth-order valence-corrected chi connectivity index (χ4v) is 5.44. The van der Waals surface area contributed by atoms with E-state index in [0.717, 1.165) is 5.06 Å². The van der Waals surface area contributed by atoms with E-state index in [1.54, 1.807) is 0 Å². The van der Waals surface area contributed by atoms with Gasteiger partial charge in [0, 0.05) is 34.2 Å². The second-order valence-electron chi connectivity index (χ2n) is 11.4. The molecule has 2 aliphatic rings. The lowest BCUT2D eigenvalue weighted by molar-refractivity contribution is -0.290. The summed E-state index contributed by atoms with van der Waals surface area (Å²) in [5, 5.41) is 31.2. The Bertz CT molecular complexity index is 555. The molecule has 0 aromatic carbocycles. The Hall–Kier alpha value is -1.22. The van der Waals surface area contributed by atoms with Crippen molar-refractivity contribution < 1.29 is 20.0 Å². The molecule has 1 radical (unpaired) electrons. The van der Waals surface area contributed by atoms with Gasteiger partial charge in [0.1, 0.15) is 6.42 Å². The van der Waals surface area contributed by atoms with E-state index in [0.29, 0.717) is 25.7 Å². The molecule has 0 aromatic rings. The number of hydrogen-bond acceptors (Lipinski definition) is 5. The van der Waals surface area contributed by atoms with E-state index in [9.17, 15) is 20.0 Å². The highest BCUT2D eigenvalue weighted by Gasteiger charge is 2.47. The highest BCUT2D eigenvalue weighted by molar-refractivity contribution is 5.97. The number of nitrogens with zero attached hydrogens (tertiary/aromatic N) is 2. The molecule has 2 rings (SSSR count). The molecule has 3 N–H and O–H groups in total. The van der Waals surface area contributed by atoms with Crippen LogP contribution in [-0.2, 0) is 14.8 Å². The van der Waals surface area contributed by atoms with E-state index >= 15 is 0 Å². The van der Waals surface area contributed by atoms with Gasteiger partial charge in [-0.25, -0.2) is 0 Å². The van der Waals surface area contributed by atoms with Gasteiger partial charge in [0.15, 0.2) is 0 Å². The Morgan fingerprint density at radius 2 is 1.07 bits per heavy atom. The number of carbonyl (C=O) groups excluding carboxylic acids is 2. The number of nitrogens with one attached hydrogen (secondary N) is 2. The largest absolute Gasteiger partial charge is 0.353 e. The number of amides is 2. The van der Waals surface area contributed by atoms with E-state index in [1.165, 1.54) is 5.06 Å². The Morgan fingerprint density at radius 1 is 0.759 bits per heavy atom. The molecule has 2 aliphatic heterocycles. The minimum atomic E-state index is -0.572.